The van der Waals surface area contributed by atoms with Crippen LogP contribution in [0.15, 0.2) is 12.1 Å². The molecule has 19 heavy (non-hydrogen) atoms. The summed E-state index contributed by atoms with van der Waals surface area (Å²) in [6.45, 7) is 0. The van der Waals surface area contributed by atoms with Crippen molar-refractivity contribution in [3.05, 3.63) is 23.3 Å². The molecule has 0 radical (unpaired) electrons. The predicted octanol–water partition coefficient (Wildman–Crippen LogP) is 0.662. The summed E-state index contributed by atoms with van der Waals surface area (Å²) in [5, 5.41) is 18.5. The molecule has 0 bridgehead atoms. The van der Waals surface area contributed by atoms with Gasteiger partial charge in [-0.2, -0.15) is 0 Å². The van der Waals surface area contributed by atoms with Crippen LogP contribution in [0.3, 0.4) is 0 Å². The van der Waals surface area contributed by atoms with Crippen molar-refractivity contribution in [3.8, 4) is 11.5 Å². The summed E-state index contributed by atoms with van der Waals surface area (Å²) < 4.78 is 9.52. The van der Waals surface area contributed by atoms with Crippen LogP contribution in [-0.4, -0.2) is 36.4 Å². The average molecular weight is 269 g/mol. The number of aliphatic carboxylic acids is 1. The Hall–Kier alpha value is -2.28. The van der Waals surface area contributed by atoms with E-state index in [0.29, 0.717) is 0 Å². The van der Waals surface area contributed by atoms with E-state index in [1.165, 1.54) is 26.4 Å². The van der Waals surface area contributed by atoms with Gasteiger partial charge in [-0.1, -0.05) is 0 Å². The first kappa shape index (κ1) is 14.8. The van der Waals surface area contributed by atoms with Gasteiger partial charge in [0.15, 0.2) is 0 Å². The van der Waals surface area contributed by atoms with Gasteiger partial charge in [-0.25, -0.2) is 4.79 Å². The SMILES string of the molecule is COC(=O)c1cc(C(N)CC(=O)O)c(O)cc1OC. The maximum absolute atomic E-state index is 11.6. The van der Waals surface area contributed by atoms with Crippen LogP contribution in [0, 0.1) is 0 Å². The molecule has 1 unspecified atom stereocenters. The summed E-state index contributed by atoms with van der Waals surface area (Å²) in [4.78, 5) is 22.2. The van der Waals surface area contributed by atoms with Gasteiger partial charge in [0.25, 0.3) is 0 Å². The monoisotopic (exact) mass is 269 g/mol. The molecular weight excluding hydrogens is 254 g/mol. The van der Waals surface area contributed by atoms with E-state index in [4.69, 9.17) is 15.6 Å². The number of carbonyl (C=O) groups excluding carboxylic acids is 1. The number of carboxylic acids is 1. The van der Waals surface area contributed by atoms with Crippen LogP contribution in [0.4, 0.5) is 0 Å². The fourth-order valence-electron chi connectivity index (χ4n) is 1.62. The van der Waals surface area contributed by atoms with Gasteiger partial charge >= 0.3 is 11.9 Å². The standard InChI is InChI=1S/C12H15NO6/c1-18-10-5-9(14)6(8(13)4-11(15)16)3-7(10)12(17)19-2/h3,5,8,14H,4,13H2,1-2H3,(H,15,16). The molecule has 1 atom stereocenters. The Balaban J connectivity index is 3.26. The molecule has 1 aromatic carbocycles. The highest BCUT2D eigenvalue weighted by Gasteiger charge is 2.21. The first-order chi connectivity index (χ1) is 8.90. The highest BCUT2D eigenvalue weighted by molar-refractivity contribution is 5.93. The van der Waals surface area contributed by atoms with E-state index in [1.54, 1.807) is 0 Å². The van der Waals surface area contributed by atoms with Gasteiger partial charge in [0.05, 0.1) is 20.6 Å². The van der Waals surface area contributed by atoms with Crippen molar-refractivity contribution in [2.45, 2.75) is 12.5 Å². The smallest absolute Gasteiger partial charge is 0.341 e. The second-order valence-electron chi connectivity index (χ2n) is 3.81. The molecule has 7 nitrogen and oxygen atoms in total. The van der Waals surface area contributed by atoms with Crippen molar-refractivity contribution >= 4 is 11.9 Å². The molecule has 0 aromatic heterocycles. The molecule has 0 aliphatic heterocycles. The van der Waals surface area contributed by atoms with Gasteiger partial charge in [-0.05, 0) is 6.07 Å². The highest BCUT2D eigenvalue weighted by Crippen LogP contribution is 2.32. The zero-order chi connectivity index (χ0) is 14.6. The molecule has 104 valence electrons. The molecule has 0 saturated heterocycles. The van der Waals surface area contributed by atoms with E-state index in [2.05, 4.69) is 4.74 Å². The number of aromatic hydroxyl groups is 1. The third kappa shape index (κ3) is 3.35. The van der Waals surface area contributed by atoms with Gasteiger partial charge in [-0.3, -0.25) is 4.79 Å². The van der Waals surface area contributed by atoms with Crippen LogP contribution < -0.4 is 10.5 Å². The first-order valence-corrected chi connectivity index (χ1v) is 5.37. The van der Waals surface area contributed by atoms with E-state index >= 15 is 0 Å². The van der Waals surface area contributed by atoms with Crippen LogP contribution in [0.5, 0.6) is 11.5 Å². The average Bonchev–Trinajstić information content (AvgIpc) is 2.36. The Kier molecular flexibility index (Phi) is 4.71. The molecule has 0 aliphatic carbocycles. The first-order valence-electron chi connectivity index (χ1n) is 5.37. The van der Waals surface area contributed by atoms with E-state index in [-0.39, 0.29) is 29.0 Å². The van der Waals surface area contributed by atoms with Gasteiger partial charge in [0, 0.05) is 17.7 Å². The van der Waals surface area contributed by atoms with Crippen LogP contribution >= 0.6 is 0 Å². The number of hydrogen-bond donors (Lipinski definition) is 3. The summed E-state index contributed by atoms with van der Waals surface area (Å²) in [5.41, 5.74) is 5.88. The minimum atomic E-state index is -1.11. The number of rotatable bonds is 5. The normalized spacial score (nSPS) is 11.7. The zero-order valence-corrected chi connectivity index (χ0v) is 10.5. The quantitative estimate of drug-likeness (QED) is 0.672. The third-order valence-corrected chi connectivity index (χ3v) is 2.55. The second kappa shape index (κ2) is 6.05. The van der Waals surface area contributed by atoms with Gasteiger partial charge < -0.3 is 25.4 Å². The number of esters is 1. The number of hydrogen-bond acceptors (Lipinski definition) is 6. The van der Waals surface area contributed by atoms with Gasteiger partial charge in [-0.15, -0.1) is 0 Å². The summed E-state index contributed by atoms with van der Waals surface area (Å²) in [6.07, 6.45) is -0.375. The molecule has 0 amide bonds. The number of phenolic OH excluding ortho intramolecular Hbond substituents is 1. The Labute approximate surface area is 109 Å². The lowest BCUT2D eigenvalue weighted by Gasteiger charge is -2.15. The number of phenols is 1. The fourth-order valence-corrected chi connectivity index (χ4v) is 1.62. The Morgan fingerprint density at radius 3 is 2.47 bits per heavy atom. The minimum absolute atomic E-state index is 0.0682. The largest absolute Gasteiger partial charge is 0.507 e. The number of ether oxygens (including phenoxy) is 2. The number of carboxylic acid groups (broad SMARTS) is 1. The topological polar surface area (TPSA) is 119 Å². The summed E-state index contributed by atoms with van der Waals surface area (Å²) in [5.74, 6) is -1.89. The van der Waals surface area contributed by atoms with Crippen LogP contribution in [0.2, 0.25) is 0 Å². The van der Waals surface area contributed by atoms with Crippen molar-refractivity contribution in [2.24, 2.45) is 5.73 Å². The molecule has 0 saturated carbocycles. The van der Waals surface area contributed by atoms with E-state index in [0.717, 1.165) is 0 Å². The molecule has 4 N–H and O–H groups in total. The lowest BCUT2D eigenvalue weighted by Crippen LogP contribution is -2.16. The van der Waals surface area contributed by atoms with Crippen molar-refractivity contribution in [1.29, 1.82) is 0 Å². The van der Waals surface area contributed by atoms with E-state index < -0.39 is 18.0 Å². The maximum atomic E-state index is 11.6. The summed E-state index contributed by atoms with van der Waals surface area (Å²) in [7, 11) is 2.53. The fraction of sp³-hybridized carbons (Fsp3) is 0.333. The lowest BCUT2D eigenvalue weighted by atomic mass is 10.00. The molecule has 0 aliphatic rings. The Morgan fingerprint density at radius 2 is 2.00 bits per heavy atom. The highest BCUT2D eigenvalue weighted by atomic mass is 16.5. The number of benzene rings is 1. The number of carbonyl (C=O) groups is 2. The molecule has 7 heteroatoms. The Morgan fingerprint density at radius 1 is 1.37 bits per heavy atom. The molecule has 0 fully saturated rings. The van der Waals surface area contributed by atoms with Crippen LogP contribution in [0.25, 0.3) is 0 Å². The second-order valence-corrected chi connectivity index (χ2v) is 3.81. The maximum Gasteiger partial charge on any atom is 0.341 e. The summed E-state index contributed by atoms with van der Waals surface area (Å²) >= 11 is 0. The van der Waals surface area contributed by atoms with Crippen LogP contribution in [-0.2, 0) is 9.53 Å². The van der Waals surface area contributed by atoms with E-state index in [1.807, 2.05) is 0 Å². The lowest BCUT2D eigenvalue weighted by molar-refractivity contribution is -0.137. The van der Waals surface area contributed by atoms with Crippen molar-refractivity contribution in [1.82, 2.24) is 0 Å². The summed E-state index contributed by atoms with van der Waals surface area (Å²) in [6, 6.07) is 1.53. The molecule has 1 aromatic rings. The number of methoxy groups -OCH3 is 2. The Bertz CT molecular complexity index is 499. The van der Waals surface area contributed by atoms with Crippen molar-refractivity contribution in [3.63, 3.8) is 0 Å². The van der Waals surface area contributed by atoms with E-state index in [9.17, 15) is 14.7 Å². The third-order valence-electron chi connectivity index (χ3n) is 2.55. The minimum Gasteiger partial charge on any atom is -0.507 e. The van der Waals surface area contributed by atoms with Gasteiger partial charge in [0.1, 0.15) is 17.1 Å². The van der Waals surface area contributed by atoms with Crippen LogP contribution in [0.1, 0.15) is 28.4 Å². The van der Waals surface area contributed by atoms with Gasteiger partial charge in [0.2, 0.25) is 0 Å². The molecule has 0 spiro atoms. The predicted molar refractivity (Wildman–Crippen MR) is 65.2 cm³/mol. The molecule has 0 heterocycles. The van der Waals surface area contributed by atoms with Crippen molar-refractivity contribution < 1.29 is 29.3 Å². The van der Waals surface area contributed by atoms with Crippen molar-refractivity contribution in [2.75, 3.05) is 14.2 Å². The molecule has 1 rings (SSSR count). The molecular formula is C12H15NO6. The number of nitrogens with two attached hydrogens (primary N) is 1. The zero-order valence-electron chi connectivity index (χ0n) is 10.5.